The van der Waals surface area contributed by atoms with Gasteiger partial charge in [-0.15, -0.1) is 0 Å². The third kappa shape index (κ3) is 3.44. The van der Waals surface area contributed by atoms with E-state index in [2.05, 4.69) is 5.10 Å². The molecule has 0 saturated carbocycles. The van der Waals surface area contributed by atoms with Gasteiger partial charge in [0.1, 0.15) is 11.5 Å². The number of carbonyl (C=O) groups is 1. The van der Waals surface area contributed by atoms with Crippen LogP contribution in [0.15, 0.2) is 39.7 Å². The molecule has 2 heterocycles. The Morgan fingerprint density at radius 2 is 2.18 bits per heavy atom. The summed E-state index contributed by atoms with van der Waals surface area (Å²) in [5.74, 6) is 0.462. The molecule has 0 spiro atoms. The van der Waals surface area contributed by atoms with Crippen molar-refractivity contribution < 1.29 is 9.21 Å². The van der Waals surface area contributed by atoms with Crippen LogP contribution in [0.3, 0.4) is 0 Å². The van der Waals surface area contributed by atoms with Gasteiger partial charge in [-0.25, -0.2) is 4.68 Å². The van der Waals surface area contributed by atoms with Gasteiger partial charge in [0.2, 0.25) is 0 Å². The molecule has 0 saturated heterocycles. The molecule has 0 bridgehead atoms. The molecule has 2 aromatic rings. The number of unbranched alkanes of at least 4 members (excludes halogenated alkanes) is 1. The number of hydrogen-bond acceptors (Lipinski definition) is 4. The lowest BCUT2D eigenvalue weighted by atomic mass is 10.2. The monoisotopic (exact) mass is 303 g/mol. The van der Waals surface area contributed by atoms with Gasteiger partial charge in [0.05, 0.1) is 12.3 Å². The second-order valence-electron chi connectivity index (χ2n) is 5.24. The molecule has 0 aliphatic carbocycles. The Morgan fingerprint density at radius 1 is 1.41 bits per heavy atom. The molecular formula is C16H21N3O3. The maximum absolute atomic E-state index is 12.5. The summed E-state index contributed by atoms with van der Waals surface area (Å²) < 4.78 is 6.68. The summed E-state index contributed by atoms with van der Waals surface area (Å²) in [5.41, 5.74) is 0.0725. The zero-order valence-electron chi connectivity index (χ0n) is 13.2. The smallest absolute Gasteiger partial charge is 0.274 e. The standard InChI is InChI=1S/C16H21N3O3/c1-4-5-10-19-15(20)9-8-13(17-19)16(21)18(3)12(2)14-7-6-11-22-14/h6-9,11-12H,4-5,10H2,1-3H3. The van der Waals surface area contributed by atoms with Gasteiger partial charge in [-0.05, 0) is 31.5 Å². The number of amides is 1. The molecule has 0 radical (unpaired) electrons. The molecule has 0 aromatic carbocycles. The summed E-state index contributed by atoms with van der Waals surface area (Å²) in [6.45, 7) is 4.44. The first-order valence-corrected chi connectivity index (χ1v) is 7.43. The fraction of sp³-hybridized carbons (Fsp3) is 0.438. The lowest BCUT2D eigenvalue weighted by molar-refractivity contribution is 0.0717. The van der Waals surface area contributed by atoms with Crippen molar-refractivity contribution >= 4 is 5.91 Å². The molecule has 2 aromatic heterocycles. The highest BCUT2D eigenvalue weighted by molar-refractivity contribution is 5.92. The quantitative estimate of drug-likeness (QED) is 0.822. The summed E-state index contributed by atoms with van der Waals surface area (Å²) >= 11 is 0. The van der Waals surface area contributed by atoms with Crippen molar-refractivity contribution in [3.63, 3.8) is 0 Å². The van der Waals surface area contributed by atoms with E-state index in [0.717, 1.165) is 12.8 Å². The van der Waals surface area contributed by atoms with E-state index in [4.69, 9.17) is 4.42 Å². The Labute approximate surface area is 129 Å². The van der Waals surface area contributed by atoms with E-state index in [-0.39, 0.29) is 23.2 Å². The Bertz CT molecular complexity index is 676. The Balaban J connectivity index is 2.20. The first-order chi connectivity index (χ1) is 10.5. The van der Waals surface area contributed by atoms with Gasteiger partial charge >= 0.3 is 0 Å². The lowest BCUT2D eigenvalue weighted by Crippen LogP contribution is -2.32. The molecular weight excluding hydrogens is 282 g/mol. The van der Waals surface area contributed by atoms with E-state index in [1.165, 1.54) is 16.8 Å². The molecule has 0 aliphatic heterocycles. The number of carbonyl (C=O) groups excluding carboxylic acids is 1. The largest absolute Gasteiger partial charge is 0.467 e. The minimum Gasteiger partial charge on any atom is -0.467 e. The number of rotatable bonds is 6. The van der Waals surface area contributed by atoms with E-state index in [9.17, 15) is 9.59 Å². The number of hydrogen-bond donors (Lipinski definition) is 0. The zero-order chi connectivity index (χ0) is 16.1. The second kappa shape index (κ2) is 7.06. The lowest BCUT2D eigenvalue weighted by Gasteiger charge is -2.23. The maximum atomic E-state index is 12.5. The first-order valence-electron chi connectivity index (χ1n) is 7.43. The van der Waals surface area contributed by atoms with Crippen LogP contribution in [-0.4, -0.2) is 27.6 Å². The van der Waals surface area contributed by atoms with Crippen LogP contribution >= 0.6 is 0 Å². The Morgan fingerprint density at radius 3 is 2.82 bits per heavy atom. The van der Waals surface area contributed by atoms with Gasteiger partial charge in [-0.1, -0.05) is 13.3 Å². The highest BCUT2D eigenvalue weighted by atomic mass is 16.3. The Kier molecular flexibility index (Phi) is 5.14. The van der Waals surface area contributed by atoms with E-state index < -0.39 is 0 Å². The van der Waals surface area contributed by atoms with Crippen LogP contribution < -0.4 is 5.56 Å². The van der Waals surface area contributed by atoms with Gasteiger partial charge in [0.15, 0.2) is 0 Å². The minimum absolute atomic E-state index is 0.188. The van der Waals surface area contributed by atoms with Crippen LogP contribution in [0.2, 0.25) is 0 Å². The molecule has 0 fully saturated rings. The van der Waals surface area contributed by atoms with Crippen molar-refractivity contribution in [1.82, 2.24) is 14.7 Å². The highest BCUT2D eigenvalue weighted by Crippen LogP contribution is 2.20. The molecule has 0 aliphatic rings. The topological polar surface area (TPSA) is 68.3 Å². The molecule has 118 valence electrons. The van der Waals surface area contributed by atoms with Crippen LogP contribution in [0.1, 0.15) is 49.0 Å². The average Bonchev–Trinajstić information content (AvgIpc) is 3.06. The van der Waals surface area contributed by atoms with Crippen molar-refractivity contribution in [2.75, 3.05) is 7.05 Å². The summed E-state index contributed by atoms with van der Waals surface area (Å²) in [6.07, 6.45) is 3.39. The molecule has 1 atom stereocenters. The zero-order valence-corrected chi connectivity index (χ0v) is 13.2. The van der Waals surface area contributed by atoms with Gasteiger partial charge in [0.25, 0.3) is 11.5 Å². The molecule has 2 rings (SSSR count). The van der Waals surface area contributed by atoms with Crippen molar-refractivity contribution in [1.29, 1.82) is 0 Å². The van der Waals surface area contributed by atoms with Crippen molar-refractivity contribution in [3.8, 4) is 0 Å². The maximum Gasteiger partial charge on any atom is 0.274 e. The summed E-state index contributed by atoms with van der Waals surface area (Å²) in [6, 6.07) is 6.26. The first kappa shape index (κ1) is 16.0. The molecule has 6 nitrogen and oxygen atoms in total. The predicted octanol–water partition coefficient (Wildman–Crippen LogP) is 2.47. The number of nitrogens with zero attached hydrogens (tertiary/aromatic N) is 3. The van der Waals surface area contributed by atoms with Gasteiger partial charge in [-0.2, -0.15) is 5.10 Å². The summed E-state index contributed by atoms with van der Waals surface area (Å²) in [5, 5.41) is 4.18. The molecule has 0 N–H and O–H groups in total. The van der Waals surface area contributed by atoms with Crippen LogP contribution in [0, 0.1) is 0 Å². The minimum atomic E-state index is -0.242. The summed E-state index contributed by atoms with van der Waals surface area (Å²) in [4.78, 5) is 25.8. The van der Waals surface area contributed by atoms with Gasteiger partial charge in [0, 0.05) is 19.7 Å². The second-order valence-corrected chi connectivity index (χ2v) is 5.24. The van der Waals surface area contributed by atoms with Crippen LogP contribution in [0.4, 0.5) is 0 Å². The van der Waals surface area contributed by atoms with E-state index >= 15 is 0 Å². The number of aromatic nitrogens is 2. The third-order valence-corrected chi connectivity index (χ3v) is 3.67. The SMILES string of the molecule is CCCCn1nc(C(=O)N(C)C(C)c2ccco2)ccc1=O. The fourth-order valence-corrected chi connectivity index (χ4v) is 2.11. The van der Waals surface area contributed by atoms with Crippen LogP contribution in [-0.2, 0) is 6.54 Å². The van der Waals surface area contributed by atoms with Crippen molar-refractivity contribution in [2.45, 2.75) is 39.3 Å². The van der Waals surface area contributed by atoms with Crippen molar-refractivity contribution in [2.24, 2.45) is 0 Å². The van der Waals surface area contributed by atoms with Crippen LogP contribution in [0.25, 0.3) is 0 Å². The van der Waals surface area contributed by atoms with E-state index in [1.54, 1.807) is 24.3 Å². The third-order valence-electron chi connectivity index (χ3n) is 3.67. The van der Waals surface area contributed by atoms with Crippen molar-refractivity contribution in [3.05, 3.63) is 52.3 Å². The predicted molar refractivity (Wildman–Crippen MR) is 82.6 cm³/mol. The Hall–Kier alpha value is -2.37. The highest BCUT2D eigenvalue weighted by Gasteiger charge is 2.22. The van der Waals surface area contributed by atoms with Gasteiger partial charge in [-0.3, -0.25) is 9.59 Å². The molecule has 1 amide bonds. The van der Waals surface area contributed by atoms with Gasteiger partial charge < -0.3 is 9.32 Å². The summed E-state index contributed by atoms with van der Waals surface area (Å²) in [7, 11) is 1.69. The van der Waals surface area contributed by atoms with E-state index in [0.29, 0.717) is 12.3 Å². The molecule has 1 unspecified atom stereocenters. The number of furan rings is 1. The fourth-order valence-electron chi connectivity index (χ4n) is 2.11. The normalized spacial score (nSPS) is 12.1. The van der Waals surface area contributed by atoms with Crippen LogP contribution in [0.5, 0.6) is 0 Å². The molecule has 22 heavy (non-hydrogen) atoms. The number of aryl methyl sites for hydroxylation is 1. The average molecular weight is 303 g/mol. The van der Waals surface area contributed by atoms with E-state index in [1.807, 2.05) is 19.9 Å². The molecule has 6 heteroatoms.